The number of nitrogens with one attached hydrogen (secondary N) is 1. The lowest BCUT2D eigenvalue weighted by Crippen LogP contribution is -2.31. The maximum atomic E-state index is 12.3. The third-order valence-corrected chi connectivity index (χ3v) is 6.53. The Hall–Kier alpha value is -2.90. The minimum absolute atomic E-state index is 0.840. The minimum Gasteiger partial charge on any atom is -0.258 e. The van der Waals surface area contributed by atoms with Gasteiger partial charge in [-0.2, -0.15) is 0 Å². The van der Waals surface area contributed by atoms with E-state index in [4.69, 9.17) is 0 Å². The van der Waals surface area contributed by atoms with Crippen molar-refractivity contribution in [3.63, 3.8) is 0 Å². The molecule has 0 saturated carbocycles. The standard InChI is InChI=1S/C12H9N3O8S2/c16-14(17)9-5-1-3-7-11(9)24(20,21)13-25(22,23)12-8-4-2-6-10(12)15(18)19/h1-8,13H. The van der Waals surface area contributed by atoms with Crippen LogP contribution in [0.15, 0.2) is 58.3 Å². The summed E-state index contributed by atoms with van der Waals surface area (Å²) >= 11 is 0. The quantitative estimate of drug-likeness (QED) is 0.569. The van der Waals surface area contributed by atoms with Gasteiger partial charge >= 0.3 is 0 Å². The maximum absolute atomic E-state index is 12.3. The summed E-state index contributed by atoms with van der Waals surface area (Å²) in [7, 11) is -9.77. The highest BCUT2D eigenvalue weighted by molar-refractivity contribution is 8.04. The average Bonchev–Trinajstić information content (AvgIpc) is 2.54. The number of hydrogen-bond acceptors (Lipinski definition) is 8. The number of hydrogen-bond donors (Lipinski definition) is 1. The van der Waals surface area contributed by atoms with Crippen LogP contribution >= 0.6 is 0 Å². The van der Waals surface area contributed by atoms with Crippen LogP contribution < -0.4 is 4.13 Å². The number of benzene rings is 2. The van der Waals surface area contributed by atoms with E-state index in [0.717, 1.165) is 24.3 Å². The van der Waals surface area contributed by atoms with Gasteiger partial charge in [0.1, 0.15) is 0 Å². The normalized spacial score (nSPS) is 11.8. The molecule has 11 nitrogen and oxygen atoms in total. The fourth-order valence-corrected chi connectivity index (χ4v) is 5.13. The molecule has 0 radical (unpaired) electrons. The number of nitro benzene ring substituents is 2. The Kier molecular flexibility index (Phi) is 4.82. The zero-order valence-electron chi connectivity index (χ0n) is 12.1. The molecule has 0 heterocycles. The van der Waals surface area contributed by atoms with Crippen LogP contribution in [-0.2, 0) is 20.0 Å². The largest absolute Gasteiger partial charge is 0.289 e. The maximum Gasteiger partial charge on any atom is 0.289 e. The lowest BCUT2D eigenvalue weighted by Gasteiger charge is -2.08. The van der Waals surface area contributed by atoms with Crippen molar-refractivity contribution >= 4 is 31.4 Å². The first kappa shape index (κ1) is 18.4. The van der Waals surface area contributed by atoms with Crippen molar-refractivity contribution in [2.75, 3.05) is 0 Å². The van der Waals surface area contributed by atoms with Crippen molar-refractivity contribution in [3.8, 4) is 0 Å². The van der Waals surface area contributed by atoms with Crippen LogP contribution in [0, 0.1) is 20.2 Å². The van der Waals surface area contributed by atoms with Crippen LogP contribution in [0.4, 0.5) is 11.4 Å². The van der Waals surface area contributed by atoms with E-state index >= 15 is 0 Å². The van der Waals surface area contributed by atoms with Gasteiger partial charge in [0.15, 0.2) is 9.79 Å². The van der Waals surface area contributed by atoms with E-state index in [9.17, 15) is 37.1 Å². The van der Waals surface area contributed by atoms with Crippen LogP contribution in [0.1, 0.15) is 0 Å². The molecule has 2 rings (SSSR count). The SMILES string of the molecule is O=[N+]([O-])c1ccccc1S(=O)(=O)NS(=O)(=O)c1ccccc1[N+](=O)[O-]. The predicted molar refractivity (Wildman–Crippen MR) is 83.7 cm³/mol. The summed E-state index contributed by atoms with van der Waals surface area (Å²) < 4.78 is 50.3. The minimum atomic E-state index is -4.89. The molecule has 25 heavy (non-hydrogen) atoms. The molecule has 0 aromatic heterocycles. The lowest BCUT2D eigenvalue weighted by atomic mass is 10.3. The Morgan fingerprint density at radius 1 is 0.680 bits per heavy atom. The van der Waals surface area contributed by atoms with Gasteiger partial charge in [0.2, 0.25) is 0 Å². The van der Waals surface area contributed by atoms with Gasteiger partial charge in [-0.15, -0.1) is 4.13 Å². The Balaban J connectivity index is 2.56. The molecule has 0 saturated heterocycles. The summed E-state index contributed by atoms with van der Waals surface area (Å²) in [6, 6.07) is 8.18. The molecule has 0 atom stereocenters. The zero-order chi connectivity index (χ0) is 18.8. The van der Waals surface area contributed by atoms with Crippen LogP contribution in [0.5, 0.6) is 0 Å². The molecule has 2 aromatic rings. The summed E-state index contributed by atoms with van der Waals surface area (Å²) in [5.74, 6) is 0. The first-order valence-electron chi connectivity index (χ1n) is 6.32. The Morgan fingerprint density at radius 3 is 1.32 bits per heavy atom. The molecule has 2 aromatic carbocycles. The van der Waals surface area contributed by atoms with Gasteiger partial charge in [0.05, 0.1) is 9.85 Å². The summed E-state index contributed by atoms with van der Waals surface area (Å²) in [5, 5.41) is 21.8. The summed E-state index contributed by atoms with van der Waals surface area (Å²) in [6.07, 6.45) is 0. The van der Waals surface area contributed by atoms with Crippen LogP contribution in [0.3, 0.4) is 0 Å². The van der Waals surface area contributed by atoms with Gasteiger partial charge in [-0.25, -0.2) is 16.8 Å². The van der Waals surface area contributed by atoms with Gasteiger partial charge in [0, 0.05) is 12.1 Å². The van der Waals surface area contributed by atoms with E-state index in [1.165, 1.54) is 28.4 Å². The number of sulfonamides is 2. The zero-order valence-corrected chi connectivity index (χ0v) is 13.7. The summed E-state index contributed by atoms with van der Waals surface area (Å²) in [4.78, 5) is 18.1. The van der Waals surface area contributed by atoms with Crippen molar-refractivity contribution in [1.82, 2.24) is 4.13 Å². The first-order valence-corrected chi connectivity index (χ1v) is 9.28. The van der Waals surface area contributed by atoms with E-state index in [2.05, 4.69) is 0 Å². The van der Waals surface area contributed by atoms with Crippen LogP contribution in [0.25, 0.3) is 0 Å². The number of rotatable bonds is 6. The van der Waals surface area contributed by atoms with Crippen molar-refractivity contribution < 1.29 is 26.7 Å². The molecule has 0 spiro atoms. The Bertz CT molecular complexity index is 978. The molecule has 0 amide bonds. The van der Waals surface area contributed by atoms with Gasteiger partial charge in [-0.3, -0.25) is 20.2 Å². The molecule has 0 fully saturated rings. The van der Waals surface area contributed by atoms with E-state index < -0.39 is 51.1 Å². The van der Waals surface area contributed by atoms with Gasteiger partial charge in [-0.05, 0) is 12.1 Å². The molecule has 0 aliphatic carbocycles. The van der Waals surface area contributed by atoms with Crippen LogP contribution in [-0.4, -0.2) is 26.7 Å². The van der Waals surface area contributed by atoms with Crippen molar-refractivity contribution in [1.29, 1.82) is 0 Å². The fraction of sp³-hybridized carbons (Fsp3) is 0. The Morgan fingerprint density at radius 2 is 1.00 bits per heavy atom. The van der Waals surface area contributed by atoms with E-state index in [0.29, 0.717) is 0 Å². The Labute approximate surface area is 141 Å². The van der Waals surface area contributed by atoms with E-state index in [-0.39, 0.29) is 0 Å². The van der Waals surface area contributed by atoms with Crippen molar-refractivity contribution in [3.05, 3.63) is 68.8 Å². The average molecular weight is 387 g/mol. The third-order valence-electron chi connectivity index (χ3n) is 2.92. The molecule has 0 bridgehead atoms. The molecule has 1 N–H and O–H groups in total. The highest BCUT2D eigenvalue weighted by Gasteiger charge is 2.33. The summed E-state index contributed by atoms with van der Waals surface area (Å²) in [5.41, 5.74) is -1.68. The molecular weight excluding hydrogens is 378 g/mol. The third kappa shape index (κ3) is 3.78. The van der Waals surface area contributed by atoms with Gasteiger partial charge in [0.25, 0.3) is 31.4 Å². The topological polar surface area (TPSA) is 167 Å². The molecular formula is C12H9N3O8S2. The number of para-hydroxylation sites is 2. The second-order valence-corrected chi connectivity index (χ2v) is 8.10. The molecule has 0 aliphatic rings. The number of nitro groups is 2. The van der Waals surface area contributed by atoms with E-state index in [1.54, 1.807) is 0 Å². The fourth-order valence-electron chi connectivity index (χ4n) is 1.90. The monoisotopic (exact) mass is 387 g/mol. The lowest BCUT2D eigenvalue weighted by molar-refractivity contribution is -0.388. The highest BCUT2D eigenvalue weighted by Crippen LogP contribution is 2.26. The van der Waals surface area contributed by atoms with Crippen molar-refractivity contribution in [2.45, 2.75) is 9.79 Å². The second kappa shape index (κ2) is 6.54. The molecule has 0 aliphatic heterocycles. The summed E-state index contributed by atoms with van der Waals surface area (Å²) in [6.45, 7) is 0. The first-order chi connectivity index (χ1) is 11.6. The molecule has 132 valence electrons. The number of nitrogens with zero attached hydrogens (tertiary/aromatic N) is 2. The van der Waals surface area contributed by atoms with Crippen molar-refractivity contribution in [2.24, 2.45) is 0 Å². The molecule has 0 unspecified atom stereocenters. The molecule has 13 heteroatoms. The van der Waals surface area contributed by atoms with Crippen LogP contribution in [0.2, 0.25) is 0 Å². The predicted octanol–water partition coefficient (Wildman–Crippen LogP) is 1.17. The highest BCUT2D eigenvalue weighted by atomic mass is 32.3. The second-order valence-electron chi connectivity index (χ2n) is 4.54. The van der Waals surface area contributed by atoms with E-state index in [1.807, 2.05) is 0 Å². The smallest absolute Gasteiger partial charge is 0.258 e. The van der Waals surface area contributed by atoms with Gasteiger partial charge in [-0.1, -0.05) is 24.3 Å². The van der Waals surface area contributed by atoms with Gasteiger partial charge < -0.3 is 0 Å².